The molecule has 0 heterocycles. The molecule has 0 atom stereocenters. The third kappa shape index (κ3) is 7.85. The molecule has 0 fully saturated rings. The lowest BCUT2D eigenvalue weighted by molar-refractivity contribution is 0.226. The van der Waals surface area contributed by atoms with Gasteiger partial charge in [-0.1, -0.05) is 34.6 Å². The topological polar surface area (TPSA) is 18.8 Å². The van der Waals surface area contributed by atoms with Crippen molar-refractivity contribution in [3.63, 3.8) is 0 Å². The molecule has 0 amide bonds. The molecule has 0 saturated carbocycles. The molecule has 0 N–H and O–H groups in total. The minimum absolute atomic E-state index is 0.00479. The normalized spacial score (nSPS) is 13.3. The van der Waals surface area contributed by atoms with Crippen LogP contribution in [0.2, 0.25) is 0 Å². The second kappa shape index (κ2) is 10.2. The van der Waals surface area contributed by atoms with E-state index in [9.17, 15) is 0 Å². The van der Waals surface area contributed by atoms with E-state index >= 15 is 0 Å². The molecule has 0 aromatic heterocycles. The summed E-state index contributed by atoms with van der Waals surface area (Å²) in [6.07, 6.45) is 3.40. The minimum Gasteiger partial charge on any atom is -0.356 e. The van der Waals surface area contributed by atoms with Gasteiger partial charge in [-0.2, -0.15) is 0 Å². The van der Waals surface area contributed by atoms with Crippen LogP contribution in [0, 0.1) is 0 Å². The molecule has 0 spiro atoms. The number of hydrogen-bond donors (Lipinski definition) is 0. The lowest BCUT2D eigenvalue weighted by atomic mass is 10.1. The second-order valence-corrected chi connectivity index (χ2v) is 6.74. The highest BCUT2D eigenvalue weighted by atomic mass is 15.2. The number of rotatable bonds is 9. The van der Waals surface area contributed by atoms with Crippen molar-refractivity contribution < 1.29 is 0 Å². The smallest absolute Gasteiger partial charge is 0.0995 e. The fourth-order valence-corrected chi connectivity index (χ4v) is 2.77. The summed E-state index contributed by atoms with van der Waals surface area (Å²) in [7, 11) is 0. The van der Waals surface area contributed by atoms with Crippen molar-refractivity contribution in [1.29, 1.82) is 0 Å². The first-order chi connectivity index (χ1) is 9.82. The molecule has 0 aliphatic rings. The largest absolute Gasteiger partial charge is 0.356 e. The molecule has 0 aliphatic heterocycles. The Bertz CT molecular complexity index is 283. The van der Waals surface area contributed by atoms with Gasteiger partial charge in [-0.3, -0.25) is 4.99 Å². The van der Waals surface area contributed by atoms with Crippen molar-refractivity contribution in [2.24, 2.45) is 4.99 Å². The van der Waals surface area contributed by atoms with Crippen LogP contribution in [0.5, 0.6) is 0 Å². The van der Waals surface area contributed by atoms with Crippen molar-refractivity contribution in [3.05, 3.63) is 0 Å². The van der Waals surface area contributed by atoms with Gasteiger partial charge in [0.1, 0.15) is 0 Å². The number of amidine groups is 1. The molecule has 0 bridgehead atoms. The van der Waals surface area contributed by atoms with Crippen LogP contribution in [0.4, 0.5) is 0 Å². The van der Waals surface area contributed by atoms with Crippen molar-refractivity contribution in [2.75, 3.05) is 26.2 Å². The fourth-order valence-electron chi connectivity index (χ4n) is 2.77. The van der Waals surface area contributed by atoms with E-state index in [1.807, 2.05) is 0 Å². The van der Waals surface area contributed by atoms with E-state index in [-0.39, 0.29) is 5.54 Å². The average Bonchev–Trinajstić information content (AvgIpc) is 2.44. The van der Waals surface area contributed by atoms with E-state index in [0.29, 0.717) is 6.04 Å². The zero-order valence-corrected chi connectivity index (χ0v) is 15.9. The van der Waals surface area contributed by atoms with Crippen molar-refractivity contribution in [1.82, 2.24) is 9.80 Å². The molecule has 3 nitrogen and oxygen atoms in total. The Labute approximate surface area is 133 Å². The molecule has 126 valence electrons. The van der Waals surface area contributed by atoms with Crippen LogP contribution in [-0.2, 0) is 0 Å². The monoisotopic (exact) mass is 297 g/mol. The number of likely N-dealkylation sites (N-methyl/N-ethyl adjacent to an activating group) is 1. The van der Waals surface area contributed by atoms with Gasteiger partial charge in [-0.15, -0.1) is 0 Å². The maximum Gasteiger partial charge on any atom is 0.0995 e. The molecule has 0 unspecified atom stereocenters. The van der Waals surface area contributed by atoms with Gasteiger partial charge in [-0.25, -0.2) is 0 Å². The lowest BCUT2D eigenvalue weighted by Gasteiger charge is -2.36. The number of nitrogens with zero attached hydrogens (tertiary/aromatic N) is 3. The molecule has 0 aromatic carbocycles. The van der Waals surface area contributed by atoms with Crippen LogP contribution in [-0.4, -0.2) is 53.4 Å². The Morgan fingerprint density at radius 1 is 0.905 bits per heavy atom. The van der Waals surface area contributed by atoms with Gasteiger partial charge < -0.3 is 9.80 Å². The van der Waals surface area contributed by atoms with Crippen LogP contribution in [0.3, 0.4) is 0 Å². The Balaban J connectivity index is 5.15. The van der Waals surface area contributed by atoms with Crippen molar-refractivity contribution >= 4 is 5.84 Å². The summed E-state index contributed by atoms with van der Waals surface area (Å²) in [4.78, 5) is 10.1. The molecule has 21 heavy (non-hydrogen) atoms. The molecule has 0 radical (unpaired) electrons. The molecule has 0 rings (SSSR count). The fraction of sp³-hybridized carbons (Fsp3) is 0.944. The van der Waals surface area contributed by atoms with Crippen molar-refractivity contribution in [2.45, 2.75) is 86.2 Å². The molecule has 3 heteroatoms. The first kappa shape index (κ1) is 20.4. The summed E-state index contributed by atoms with van der Waals surface area (Å²) >= 11 is 0. The van der Waals surface area contributed by atoms with Crippen LogP contribution < -0.4 is 0 Å². The minimum atomic E-state index is 0.00479. The zero-order chi connectivity index (χ0) is 16.5. The first-order valence-electron chi connectivity index (χ1n) is 8.90. The van der Waals surface area contributed by atoms with E-state index in [0.717, 1.165) is 32.6 Å². The molecule has 0 aliphatic carbocycles. The summed E-state index contributed by atoms with van der Waals surface area (Å²) in [6.45, 7) is 22.4. The summed E-state index contributed by atoms with van der Waals surface area (Å²) in [5.74, 6) is 1.28. The van der Waals surface area contributed by atoms with Crippen LogP contribution in [0.1, 0.15) is 74.7 Å². The van der Waals surface area contributed by atoms with Gasteiger partial charge in [0.05, 0.1) is 11.4 Å². The van der Waals surface area contributed by atoms with Gasteiger partial charge in [0, 0.05) is 25.6 Å². The summed E-state index contributed by atoms with van der Waals surface area (Å²) in [6, 6.07) is 0.613. The van der Waals surface area contributed by atoms with E-state index in [4.69, 9.17) is 4.99 Å². The zero-order valence-electron chi connectivity index (χ0n) is 15.9. The quantitative estimate of drug-likeness (QED) is 0.463. The third-order valence-electron chi connectivity index (χ3n) is 4.05. The van der Waals surface area contributed by atoms with Gasteiger partial charge in [0.15, 0.2) is 0 Å². The predicted molar refractivity (Wildman–Crippen MR) is 96.3 cm³/mol. The predicted octanol–water partition coefficient (Wildman–Crippen LogP) is 4.43. The van der Waals surface area contributed by atoms with Crippen molar-refractivity contribution in [3.8, 4) is 0 Å². The van der Waals surface area contributed by atoms with E-state index in [2.05, 4.69) is 65.2 Å². The Kier molecular flexibility index (Phi) is 9.93. The van der Waals surface area contributed by atoms with E-state index < -0.39 is 0 Å². The number of hydrogen-bond acceptors (Lipinski definition) is 2. The van der Waals surface area contributed by atoms with Gasteiger partial charge in [0.25, 0.3) is 0 Å². The first-order valence-corrected chi connectivity index (χ1v) is 8.90. The highest BCUT2D eigenvalue weighted by molar-refractivity contribution is 5.82. The van der Waals surface area contributed by atoms with Crippen LogP contribution in [0.25, 0.3) is 0 Å². The van der Waals surface area contributed by atoms with Gasteiger partial charge >= 0.3 is 0 Å². The highest BCUT2D eigenvalue weighted by Crippen LogP contribution is 2.16. The van der Waals surface area contributed by atoms with Gasteiger partial charge in [-0.05, 0) is 46.7 Å². The Hall–Kier alpha value is -0.570. The third-order valence-corrected chi connectivity index (χ3v) is 4.05. The molecule has 0 saturated heterocycles. The van der Waals surface area contributed by atoms with E-state index in [1.165, 1.54) is 18.7 Å². The second-order valence-electron chi connectivity index (χ2n) is 6.74. The maximum absolute atomic E-state index is 5.00. The maximum atomic E-state index is 5.00. The molecular weight excluding hydrogens is 258 g/mol. The van der Waals surface area contributed by atoms with Gasteiger partial charge in [0.2, 0.25) is 0 Å². The average molecular weight is 298 g/mol. The van der Waals surface area contributed by atoms with Crippen LogP contribution >= 0.6 is 0 Å². The summed E-state index contributed by atoms with van der Waals surface area (Å²) in [5.41, 5.74) is 0.00479. The highest BCUT2D eigenvalue weighted by Gasteiger charge is 2.20. The Morgan fingerprint density at radius 3 is 1.76 bits per heavy atom. The van der Waals surface area contributed by atoms with E-state index in [1.54, 1.807) is 0 Å². The SMILES string of the molecule is CCC(=NC(C)(C)C)N(CCN(CC)CC)C(CC)CC. The lowest BCUT2D eigenvalue weighted by Crippen LogP contribution is -2.45. The Morgan fingerprint density at radius 2 is 1.43 bits per heavy atom. The molecule has 0 aromatic rings. The standard InChI is InChI=1S/C18H39N3/c1-9-16(10-2)21(15-14-20(12-4)13-5)17(11-3)19-18(6,7)8/h16H,9-15H2,1-8H3. The number of aliphatic imine (C=N–C) groups is 1. The summed E-state index contributed by atoms with van der Waals surface area (Å²) < 4.78 is 0. The summed E-state index contributed by atoms with van der Waals surface area (Å²) in [5, 5.41) is 0. The van der Waals surface area contributed by atoms with Crippen LogP contribution in [0.15, 0.2) is 4.99 Å². The molecular formula is C18H39N3.